The number of aromatic nitrogens is 1. The maximum absolute atomic E-state index is 12.9. The monoisotopic (exact) mass is 399 g/mol. The van der Waals surface area contributed by atoms with Gasteiger partial charge in [-0.25, -0.2) is 16.8 Å². The lowest BCUT2D eigenvalue weighted by molar-refractivity contribution is -0.136. The van der Waals surface area contributed by atoms with Crippen LogP contribution in [-0.2, 0) is 30.9 Å². The van der Waals surface area contributed by atoms with Crippen LogP contribution >= 0.6 is 11.3 Å². The zero-order chi connectivity index (χ0) is 18.4. The Hall–Kier alpha value is -2.17. The molecular formula is C15H13NO6S3. The number of aliphatic carboxylic acids is 1. The molecule has 3 aromatic rings. The summed E-state index contributed by atoms with van der Waals surface area (Å²) in [5.41, 5.74) is 0.230. The van der Waals surface area contributed by atoms with E-state index in [0.29, 0.717) is 4.83 Å². The third-order valence-corrected chi connectivity index (χ3v) is 8.36. The number of carbonyl (C=O) groups is 1. The highest BCUT2D eigenvalue weighted by Gasteiger charge is 2.32. The van der Waals surface area contributed by atoms with Crippen LogP contribution in [0.4, 0.5) is 0 Å². The van der Waals surface area contributed by atoms with E-state index in [9.17, 15) is 21.6 Å². The quantitative estimate of drug-likeness (QED) is 0.677. The predicted octanol–water partition coefficient (Wildman–Crippen LogP) is 2.09. The highest BCUT2D eigenvalue weighted by Crippen LogP contribution is 2.41. The largest absolute Gasteiger partial charge is 0.481 e. The molecule has 0 fully saturated rings. The maximum atomic E-state index is 12.9. The Morgan fingerprint density at radius 3 is 2.36 bits per heavy atom. The van der Waals surface area contributed by atoms with Crippen molar-refractivity contribution in [2.75, 3.05) is 6.26 Å². The molecule has 0 saturated carbocycles. The number of rotatable bonds is 5. The van der Waals surface area contributed by atoms with E-state index in [4.69, 9.17) is 5.11 Å². The van der Waals surface area contributed by atoms with Crippen LogP contribution in [0.5, 0.6) is 0 Å². The van der Waals surface area contributed by atoms with Gasteiger partial charge in [0.05, 0.1) is 11.3 Å². The molecule has 0 bridgehead atoms. The zero-order valence-electron chi connectivity index (χ0n) is 12.9. The second kappa shape index (κ2) is 5.97. The Balaban J connectivity index is 2.37. The minimum Gasteiger partial charge on any atom is -0.481 e. The standard InChI is InChI=1S/C15H13NO6S3/c1-24(19,20)13-12-9(7-11(17)18)8-16-14(12)23-15(13)25(21,22)10-5-3-2-4-6-10/h2-6,8,16H,7H2,1H3,(H,17,18). The van der Waals surface area contributed by atoms with E-state index in [1.807, 2.05) is 0 Å². The van der Waals surface area contributed by atoms with E-state index >= 15 is 0 Å². The van der Waals surface area contributed by atoms with Gasteiger partial charge in [0.1, 0.15) is 13.9 Å². The second-order valence-electron chi connectivity index (χ2n) is 5.40. The molecule has 0 amide bonds. The molecule has 3 rings (SSSR count). The zero-order valence-corrected chi connectivity index (χ0v) is 15.3. The fourth-order valence-electron chi connectivity index (χ4n) is 2.54. The number of carboxylic acid groups (broad SMARTS) is 1. The third-order valence-electron chi connectivity index (χ3n) is 3.54. The number of thiophene rings is 1. The minimum absolute atomic E-state index is 0.0245. The molecule has 0 aliphatic rings. The molecule has 132 valence electrons. The summed E-state index contributed by atoms with van der Waals surface area (Å²) >= 11 is 0.785. The summed E-state index contributed by atoms with van der Waals surface area (Å²) in [6.07, 6.45) is 1.89. The lowest BCUT2D eigenvalue weighted by atomic mass is 10.2. The van der Waals surface area contributed by atoms with Crippen molar-refractivity contribution in [3.8, 4) is 0 Å². The van der Waals surface area contributed by atoms with Gasteiger partial charge in [-0.05, 0) is 17.7 Å². The van der Waals surface area contributed by atoms with Gasteiger partial charge in [0.15, 0.2) is 9.84 Å². The normalized spacial score (nSPS) is 12.5. The summed E-state index contributed by atoms with van der Waals surface area (Å²) in [6.45, 7) is 0. The van der Waals surface area contributed by atoms with E-state index < -0.39 is 32.1 Å². The molecule has 2 N–H and O–H groups in total. The van der Waals surface area contributed by atoms with Crippen LogP contribution in [0.25, 0.3) is 10.2 Å². The number of aromatic amines is 1. The predicted molar refractivity (Wildman–Crippen MR) is 92.5 cm³/mol. The summed E-state index contributed by atoms with van der Waals surface area (Å²) in [7, 11) is -7.98. The van der Waals surface area contributed by atoms with Crippen LogP contribution < -0.4 is 0 Å². The van der Waals surface area contributed by atoms with Gasteiger partial charge in [-0.2, -0.15) is 0 Å². The topological polar surface area (TPSA) is 121 Å². The van der Waals surface area contributed by atoms with E-state index in [-0.39, 0.29) is 24.9 Å². The summed E-state index contributed by atoms with van der Waals surface area (Å²) in [5.74, 6) is -1.14. The highest BCUT2D eigenvalue weighted by atomic mass is 32.2. The van der Waals surface area contributed by atoms with Gasteiger partial charge in [-0.3, -0.25) is 4.79 Å². The van der Waals surface area contributed by atoms with Crippen molar-refractivity contribution >= 4 is 47.2 Å². The highest BCUT2D eigenvalue weighted by molar-refractivity contribution is 7.96. The van der Waals surface area contributed by atoms with Crippen LogP contribution in [0.3, 0.4) is 0 Å². The van der Waals surface area contributed by atoms with Crippen LogP contribution in [-0.4, -0.2) is 39.2 Å². The van der Waals surface area contributed by atoms with Gasteiger partial charge in [-0.1, -0.05) is 18.2 Å². The van der Waals surface area contributed by atoms with E-state index in [2.05, 4.69) is 4.98 Å². The second-order valence-corrected chi connectivity index (χ2v) is 10.5. The summed E-state index contributed by atoms with van der Waals surface area (Å²) in [5, 5.41) is 9.13. The molecule has 0 aliphatic heterocycles. The molecule has 1 aromatic carbocycles. The van der Waals surface area contributed by atoms with Crippen molar-refractivity contribution in [3.05, 3.63) is 42.1 Å². The molecule has 7 nitrogen and oxygen atoms in total. The lowest BCUT2D eigenvalue weighted by Crippen LogP contribution is -2.07. The van der Waals surface area contributed by atoms with Crippen molar-refractivity contribution < 1.29 is 26.7 Å². The number of carboxylic acids is 1. The SMILES string of the molecule is CS(=O)(=O)c1c(S(=O)(=O)c2ccccc2)sc2[nH]cc(CC(=O)O)c12. The van der Waals surface area contributed by atoms with Crippen molar-refractivity contribution in [3.63, 3.8) is 0 Å². The fraction of sp³-hybridized carbons (Fsp3) is 0.133. The number of H-pyrrole nitrogens is 1. The number of fused-ring (bicyclic) bond motifs is 1. The number of benzene rings is 1. The van der Waals surface area contributed by atoms with Gasteiger partial charge in [0.2, 0.25) is 9.84 Å². The van der Waals surface area contributed by atoms with Crippen molar-refractivity contribution in [1.82, 2.24) is 4.98 Å². The molecule has 0 saturated heterocycles. The molecule has 0 aliphatic carbocycles. The first-order valence-electron chi connectivity index (χ1n) is 6.97. The average molecular weight is 399 g/mol. The summed E-state index contributed by atoms with van der Waals surface area (Å²) in [6, 6.07) is 7.51. The van der Waals surface area contributed by atoms with Crippen LogP contribution in [0.1, 0.15) is 5.56 Å². The Kier molecular flexibility index (Phi) is 4.21. The van der Waals surface area contributed by atoms with Gasteiger partial charge >= 0.3 is 5.97 Å². The minimum atomic E-state index is -4.06. The van der Waals surface area contributed by atoms with Gasteiger partial charge in [0.25, 0.3) is 0 Å². The Morgan fingerprint density at radius 2 is 1.80 bits per heavy atom. The van der Waals surface area contributed by atoms with E-state index in [0.717, 1.165) is 17.6 Å². The fourth-order valence-corrected chi connectivity index (χ4v) is 7.76. The molecule has 0 spiro atoms. The Bertz CT molecular complexity index is 1170. The molecule has 25 heavy (non-hydrogen) atoms. The molecule has 0 atom stereocenters. The number of hydrogen-bond acceptors (Lipinski definition) is 6. The van der Waals surface area contributed by atoms with Crippen molar-refractivity contribution in [2.45, 2.75) is 20.4 Å². The Morgan fingerprint density at radius 1 is 1.16 bits per heavy atom. The van der Waals surface area contributed by atoms with Crippen LogP contribution in [0, 0.1) is 0 Å². The number of nitrogens with one attached hydrogen (secondary N) is 1. The third kappa shape index (κ3) is 3.08. The van der Waals surface area contributed by atoms with Crippen LogP contribution in [0.15, 0.2) is 50.5 Å². The molecule has 2 heterocycles. The number of sulfone groups is 2. The first-order chi connectivity index (χ1) is 11.6. The van der Waals surface area contributed by atoms with Crippen LogP contribution in [0.2, 0.25) is 0 Å². The van der Waals surface area contributed by atoms with Crippen molar-refractivity contribution in [2.24, 2.45) is 0 Å². The summed E-state index contributed by atoms with van der Waals surface area (Å²) in [4.78, 5) is 13.7. The van der Waals surface area contributed by atoms with E-state index in [1.54, 1.807) is 18.2 Å². The van der Waals surface area contributed by atoms with Crippen molar-refractivity contribution in [1.29, 1.82) is 0 Å². The lowest BCUT2D eigenvalue weighted by Gasteiger charge is -2.05. The first kappa shape index (κ1) is 17.6. The smallest absolute Gasteiger partial charge is 0.307 e. The van der Waals surface area contributed by atoms with Gasteiger partial charge < -0.3 is 10.1 Å². The molecule has 10 heteroatoms. The summed E-state index contributed by atoms with van der Waals surface area (Å²) < 4.78 is 50.2. The maximum Gasteiger partial charge on any atom is 0.307 e. The van der Waals surface area contributed by atoms with Gasteiger partial charge in [0, 0.05) is 17.8 Å². The molecule has 0 unspecified atom stereocenters. The Labute approximate surface area is 147 Å². The average Bonchev–Trinajstić information content (AvgIpc) is 3.07. The number of hydrogen-bond donors (Lipinski definition) is 2. The van der Waals surface area contributed by atoms with Gasteiger partial charge in [-0.15, -0.1) is 11.3 Å². The molecule has 2 aromatic heterocycles. The molecule has 0 radical (unpaired) electrons. The molecular weight excluding hydrogens is 386 g/mol. The van der Waals surface area contributed by atoms with E-state index in [1.165, 1.54) is 18.3 Å². The first-order valence-corrected chi connectivity index (χ1v) is 11.2.